The lowest BCUT2D eigenvalue weighted by Crippen LogP contribution is -2.30. The molecule has 1 heterocycles. The minimum atomic E-state index is 0.286. The normalized spacial score (nSPS) is 20.2. The van der Waals surface area contributed by atoms with E-state index in [1.807, 2.05) is 13.0 Å². The van der Waals surface area contributed by atoms with E-state index in [2.05, 4.69) is 11.4 Å². The summed E-state index contributed by atoms with van der Waals surface area (Å²) in [6, 6.07) is 4.03. The summed E-state index contributed by atoms with van der Waals surface area (Å²) in [5.41, 5.74) is 1.98. The molecule has 1 saturated heterocycles. The third-order valence-corrected chi connectivity index (χ3v) is 3.53. The molecule has 0 spiro atoms. The zero-order valence-corrected chi connectivity index (χ0v) is 10.6. The molecule has 1 aliphatic rings. The molecule has 1 aliphatic heterocycles. The maximum Gasteiger partial charge on any atom is 0.163 e. The van der Waals surface area contributed by atoms with Crippen LogP contribution in [-0.4, -0.2) is 25.3 Å². The summed E-state index contributed by atoms with van der Waals surface area (Å²) in [6.45, 7) is 4.09. The van der Waals surface area contributed by atoms with Crippen LogP contribution in [0.2, 0.25) is 0 Å². The molecule has 0 amide bonds. The van der Waals surface area contributed by atoms with E-state index >= 15 is 0 Å². The van der Waals surface area contributed by atoms with Crippen molar-refractivity contribution in [2.24, 2.45) is 5.92 Å². The Morgan fingerprint density at radius 2 is 2.29 bits per heavy atom. The van der Waals surface area contributed by atoms with E-state index in [0.717, 1.165) is 30.6 Å². The average Bonchev–Trinajstić information content (AvgIpc) is 2.36. The van der Waals surface area contributed by atoms with Gasteiger partial charge in [0.25, 0.3) is 0 Å². The summed E-state index contributed by atoms with van der Waals surface area (Å²) in [5, 5.41) is 13.4. The van der Waals surface area contributed by atoms with Crippen molar-refractivity contribution in [2.75, 3.05) is 20.2 Å². The molecule has 3 nitrogen and oxygen atoms in total. The first-order valence-electron chi connectivity index (χ1n) is 6.28. The Morgan fingerprint density at radius 1 is 1.47 bits per heavy atom. The number of phenols is 1. The molecule has 1 unspecified atom stereocenters. The second kappa shape index (κ2) is 5.41. The second-order valence-corrected chi connectivity index (χ2v) is 4.84. The van der Waals surface area contributed by atoms with Crippen molar-refractivity contribution < 1.29 is 9.84 Å². The summed E-state index contributed by atoms with van der Waals surface area (Å²) in [7, 11) is 1.62. The fourth-order valence-electron chi connectivity index (χ4n) is 2.51. The number of hydrogen-bond acceptors (Lipinski definition) is 3. The molecule has 3 heteroatoms. The Labute approximate surface area is 103 Å². The molecule has 1 aromatic rings. The lowest BCUT2D eigenvalue weighted by atomic mass is 9.91. The first kappa shape index (κ1) is 12.2. The van der Waals surface area contributed by atoms with Gasteiger partial charge in [0.05, 0.1) is 7.11 Å². The van der Waals surface area contributed by atoms with Crippen molar-refractivity contribution in [1.29, 1.82) is 0 Å². The Kier molecular flexibility index (Phi) is 3.89. The summed E-state index contributed by atoms with van der Waals surface area (Å²) in [6.07, 6.45) is 3.47. The van der Waals surface area contributed by atoms with E-state index in [1.165, 1.54) is 12.8 Å². The SMILES string of the molecule is COc1c(CC2CCCNC2)ccc(C)c1O. The van der Waals surface area contributed by atoms with Crippen LogP contribution in [0.3, 0.4) is 0 Å². The number of ether oxygens (including phenoxy) is 1. The van der Waals surface area contributed by atoms with Crippen LogP contribution in [0, 0.1) is 12.8 Å². The van der Waals surface area contributed by atoms with Crippen LogP contribution in [0.25, 0.3) is 0 Å². The summed E-state index contributed by atoms with van der Waals surface area (Å²) < 4.78 is 5.33. The highest BCUT2D eigenvalue weighted by molar-refractivity contribution is 5.50. The standard InChI is InChI=1S/C14H21NO2/c1-10-5-6-12(14(17-2)13(10)16)8-11-4-3-7-15-9-11/h5-6,11,15-16H,3-4,7-9H2,1-2H3. The maximum atomic E-state index is 9.97. The van der Waals surface area contributed by atoms with Gasteiger partial charge in [0.15, 0.2) is 11.5 Å². The van der Waals surface area contributed by atoms with Gasteiger partial charge in [-0.15, -0.1) is 0 Å². The number of rotatable bonds is 3. The predicted molar refractivity (Wildman–Crippen MR) is 68.7 cm³/mol. The minimum Gasteiger partial charge on any atom is -0.504 e. The van der Waals surface area contributed by atoms with E-state index in [9.17, 15) is 5.11 Å². The van der Waals surface area contributed by atoms with Crippen LogP contribution < -0.4 is 10.1 Å². The lowest BCUT2D eigenvalue weighted by molar-refractivity contribution is 0.349. The summed E-state index contributed by atoms with van der Waals surface area (Å²) in [5.74, 6) is 1.59. The van der Waals surface area contributed by atoms with E-state index in [1.54, 1.807) is 7.11 Å². The van der Waals surface area contributed by atoms with Gasteiger partial charge in [-0.2, -0.15) is 0 Å². The molecule has 0 aromatic heterocycles. The number of hydrogen-bond donors (Lipinski definition) is 2. The third kappa shape index (κ3) is 2.72. The van der Waals surface area contributed by atoms with Gasteiger partial charge in [0, 0.05) is 0 Å². The summed E-state index contributed by atoms with van der Waals surface area (Å²) in [4.78, 5) is 0. The number of phenolic OH excluding ortho intramolecular Hbond substituents is 1. The number of methoxy groups -OCH3 is 1. The molecule has 1 atom stereocenters. The number of aryl methyl sites for hydroxylation is 1. The van der Waals surface area contributed by atoms with Crippen LogP contribution in [-0.2, 0) is 6.42 Å². The van der Waals surface area contributed by atoms with Crippen molar-refractivity contribution in [3.8, 4) is 11.5 Å². The molecule has 0 bridgehead atoms. The Bertz CT molecular complexity index is 384. The molecule has 1 aromatic carbocycles. The smallest absolute Gasteiger partial charge is 0.163 e. The Morgan fingerprint density at radius 3 is 2.94 bits per heavy atom. The molecule has 1 fully saturated rings. The van der Waals surface area contributed by atoms with Gasteiger partial charge >= 0.3 is 0 Å². The van der Waals surface area contributed by atoms with Crippen molar-refractivity contribution in [3.63, 3.8) is 0 Å². The van der Waals surface area contributed by atoms with Gasteiger partial charge in [0.1, 0.15) is 0 Å². The second-order valence-electron chi connectivity index (χ2n) is 4.84. The molecule has 2 rings (SSSR count). The number of aromatic hydroxyl groups is 1. The molecular formula is C14H21NO2. The molecule has 17 heavy (non-hydrogen) atoms. The van der Waals surface area contributed by atoms with Crippen LogP contribution in [0.5, 0.6) is 11.5 Å². The number of benzene rings is 1. The Balaban J connectivity index is 2.17. The monoisotopic (exact) mass is 235 g/mol. The van der Waals surface area contributed by atoms with E-state index in [4.69, 9.17) is 4.74 Å². The van der Waals surface area contributed by atoms with E-state index in [-0.39, 0.29) is 5.75 Å². The highest BCUT2D eigenvalue weighted by atomic mass is 16.5. The largest absolute Gasteiger partial charge is 0.504 e. The minimum absolute atomic E-state index is 0.286. The molecule has 0 aliphatic carbocycles. The third-order valence-electron chi connectivity index (χ3n) is 3.53. The molecule has 2 N–H and O–H groups in total. The van der Waals surface area contributed by atoms with Crippen LogP contribution in [0.15, 0.2) is 12.1 Å². The van der Waals surface area contributed by atoms with E-state index < -0.39 is 0 Å². The zero-order chi connectivity index (χ0) is 12.3. The van der Waals surface area contributed by atoms with Crippen molar-refractivity contribution >= 4 is 0 Å². The fraction of sp³-hybridized carbons (Fsp3) is 0.571. The van der Waals surface area contributed by atoms with Gasteiger partial charge < -0.3 is 15.2 Å². The topological polar surface area (TPSA) is 41.5 Å². The van der Waals surface area contributed by atoms with E-state index in [0.29, 0.717) is 11.7 Å². The van der Waals surface area contributed by atoms with Crippen molar-refractivity contribution in [1.82, 2.24) is 5.32 Å². The molecule has 94 valence electrons. The fourth-order valence-corrected chi connectivity index (χ4v) is 2.51. The van der Waals surface area contributed by atoms with Crippen molar-refractivity contribution in [3.05, 3.63) is 23.3 Å². The van der Waals surface area contributed by atoms with Crippen LogP contribution >= 0.6 is 0 Å². The lowest BCUT2D eigenvalue weighted by Gasteiger charge is -2.23. The first-order valence-corrected chi connectivity index (χ1v) is 6.28. The van der Waals surface area contributed by atoms with Crippen LogP contribution in [0.4, 0.5) is 0 Å². The van der Waals surface area contributed by atoms with Gasteiger partial charge in [0.2, 0.25) is 0 Å². The summed E-state index contributed by atoms with van der Waals surface area (Å²) >= 11 is 0. The zero-order valence-electron chi connectivity index (χ0n) is 10.6. The van der Waals surface area contributed by atoms with Gasteiger partial charge in [-0.1, -0.05) is 12.1 Å². The molecular weight excluding hydrogens is 214 g/mol. The predicted octanol–water partition coefficient (Wildman–Crippen LogP) is 2.25. The highest BCUT2D eigenvalue weighted by Gasteiger charge is 2.18. The quantitative estimate of drug-likeness (QED) is 0.844. The van der Waals surface area contributed by atoms with Gasteiger partial charge in [-0.3, -0.25) is 0 Å². The number of nitrogens with one attached hydrogen (secondary N) is 1. The molecule has 0 radical (unpaired) electrons. The average molecular weight is 235 g/mol. The highest BCUT2D eigenvalue weighted by Crippen LogP contribution is 2.35. The van der Waals surface area contributed by atoms with Gasteiger partial charge in [-0.25, -0.2) is 0 Å². The first-order chi connectivity index (χ1) is 8.22. The Hall–Kier alpha value is -1.22. The van der Waals surface area contributed by atoms with Gasteiger partial charge in [-0.05, 0) is 56.3 Å². The number of piperidine rings is 1. The van der Waals surface area contributed by atoms with Crippen LogP contribution in [0.1, 0.15) is 24.0 Å². The van der Waals surface area contributed by atoms with Crippen molar-refractivity contribution in [2.45, 2.75) is 26.2 Å². The maximum absolute atomic E-state index is 9.97. The molecule has 0 saturated carbocycles.